The number of benzene rings is 2. The second-order valence-electron chi connectivity index (χ2n) is 4.05. The number of hydrogen-bond acceptors (Lipinski definition) is 3. The largest absolute Gasteiger partial charge is 0.373 e. The molecule has 4 nitrogen and oxygen atoms in total. The molecule has 92 valence electrons. The Labute approximate surface area is 105 Å². The molecule has 2 aromatic rings. The Morgan fingerprint density at radius 1 is 1.06 bits per heavy atom. The van der Waals surface area contributed by atoms with E-state index in [1.807, 2.05) is 37.3 Å². The van der Waals surface area contributed by atoms with Crippen LogP contribution in [0, 0.1) is 10.1 Å². The molecule has 0 unspecified atom stereocenters. The van der Waals surface area contributed by atoms with Gasteiger partial charge in [-0.15, -0.1) is 0 Å². The van der Waals surface area contributed by atoms with Gasteiger partial charge in [0.1, 0.15) is 5.69 Å². The van der Waals surface area contributed by atoms with E-state index < -0.39 is 0 Å². The molecule has 0 spiro atoms. The van der Waals surface area contributed by atoms with Gasteiger partial charge < -0.3 is 5.32 Å². The van der Waals surface area contributed by atoms with Gasteiger partial charge >= 0.3 is 0 Å². The van der Waals surface area contributed by atoms with Crippen molar-refractivity contribution in [2.75, 3.05) is 5.32 Å². The van der Waals surface area contributed by atoms with E-state index >= 15 is 0 Å². The highest BCUT2D eigenvalue weighted by molar-refractivity contribution is 5.61. The van der Waals surface area contributed by atoms with Crippen molar-refractivity contribution in [3.8, 4) is 0 Å². The highest BCUT2D eigenvalue weighted by Gasteiger charge is 2.14. The summed E-state index contributed by atoms with van der Waals surface area (Å²) in [6.45, 7) is 1.98. The highest BCUT2D eigenvalue weighted by Crippen LogP contribution is 2.27. The van der Waals surface area contributed by atoms with Crippen LogP contribution in [0.5, 0.6) is 0 Å². The molecule has 2 aromatic carbocycles. The number of anilines is 1. The molecule has 0 saturated heterocycles. The molecule has 18 heavy (non-hydrogen) atoms. The number of nitro benzene ring substituents is 1. The summed E-state index contributed by atoms with van der Waals surface area (Å²) in [6.07, 6.45) is 0. The van der Waals surface area contributed by atoms with Crippen molar-refractivity contribution in [1.29, 1.82) is 0 Å². The van der Waals surface area contributed by atoms with Crippen LogP contribution in [0.2, 0.25) is 0 Å². The summed E-state index contributed by atoms with van der Waals surface area (Å²) in [5.41, 5.74) is 1.73. The Morgan fingerprint density at radius 2 is 1.67 bits per heavy atom. The van der Waals surface area contributed by atoms with Crippen LogP contribution in [0.1, 0.15) is 18.5 Å². The summed E-state index contributed by atoms with van der Waals surface area (Å²) in [5, 5.41) is 14.1. The van der Waals surface area contributed by atoms with Gasteiger partial charge in [-0.3, -0.25) is 10.1 Å². The highest BCUT2D eigenvalue weighted by atomic mass is 16.6. The van der Waals surface area contributed by atoms with Crippen LogP contribution in [0.3, 0.4) is 0 Å². The number of nitrogens with one attached hydrogen (secondary N) is 1. The molecular formula is C14H14N2O2. The van der Waals surface area contributed by atoms with Crippen LogP contribution in [0.25, 0.3) is 0 Å². The molecule has 0 bridgehead atoms. The Morgan fingerprint density at radius 3 is 2.33 bits per heavy atom. The molecule has 0 heterocycles. The summed E-state index contributed by atoms with van der Waals surface area (Å²) in [6, 6.07) is 16.5. The van der Waals surface area contributed by atoms with Gasteiger partial charge in [0.2, 0.25) is 0 Å². The second kappa shape index (κ2) is 5.31. The minimum Gasteiger partial charge on any atom is -0.373 e. The fourth-order valence-electron chi connectivity index (χ4n) is 1.81. The van der Waals surface area contributed by atoms with Crippen LogP contribution in [0.4, 0.5) is 11.4 Å². The summed E-state index contributed by atoms with van der Waals surface area (Å²) in [4.78, 5) is 10.5. The molecule has 0 amide bonds. The van der Waals surface area contributed by atoms with Crippen LogP contribution >= 0.6 is 0 Å². The van der Waals surface area contributed by atoms with E-state index in [-0.39, 0.29) is 16.7 Å². The lowest BCUT2D eigenvalue weighted by Gasteiger charge is -2.15. The van der Waals surface area contributed by atoms with E-state index in [1.54, 1.807) is 18.2 Å². The van der Waals surface area contributed by atoms with Crippen molar-refractivity contribution in [1.82, 2.24) is 0 Å². The Kier molecular flexibility index (Phi) is 3.57. The van der Waals surface area contributed by atoms with Gasteiger partial charge in [-0.25, -0.2) is 0 Å². The predicted octanol–water partition coefficient (Wildman–Crippen LogP) is 3.77. The molecule has 0 aliphatic heterocycles. The standard InChI is InChI=1S/C14H14N2O2/c1-11(12-7-3-2-4-8-12)15-13-9-5-6-10-14(13)16(17)18/h2-11,15H,1H3/t11-/m1/s1. The van der Waals surface area contributed by atoms with Crippen LogP contribution in [0.15, 0.2) is 54.6 Å². The summed E-state index contributed by atoms with van der Waals surface area (Å²) in [7, 11) is 0. The third-order valence-corrected chi connectivity index (χ3v) is 2.77. The minimum absolute atomic E-state index is 0.0206. The van der Waals surface area contributed by atoms with E-state index in [0.717, 1.165) is 5.56 Å². The Bertz CT molecular complexity index is 541. The number of hydrogen-bond donors (Lipinski definition) is 1. The number of nitro groups is 1. The van der Waals surface area contributed by atoms with E-state index in [4.69, 9.17) is 0 Å². The fourth-order valence-corrected chi connectivity index (χ4v) is 1.81. The van der Waals surface area contributed by atoms with Crippen molar-refractivity contribution in [2.45, 2.75) is 13.0 Å². The molecule has 0 aliphatic carbocycles. The lowest BCUT2D eigenvalue weighted by Crippen LogP contribution is -2.08. The fraction of sp³-hybridized carbons (Fsp3) is 0.143. The van der Waals surface area contributed by atoms with Gasteiger partial charge in [0.05, 0.1) is 4.92 Å². The first-order valence-corrected chi connectivity index (χ1v) is 5.73. The first-order chi connectivity index (χ1) is 8.68. The summed E-state index contributed by atoms with van der Waals surface area (Å²) < 4.78 is 0. The number of para-hydroxylation sites is 2. The third-order valence-electron chi connectivity index (χ3n) is 2.77. The zero-order valence-corrected chi connectivity index (χ0v) is 10.0. The molecule has 1 N–H and O–H groups in total. The van der Waals surface area contributed by atoms with Gasteiger partial charge in [0.25, 0.3) is 5.69 Å². The topological polar surface area (TPSA) is 55.2 Å². The van der Waals surface area contributed by atoms with Gasteiger partial charge in [-0.2, -0.15) is 0 Å². The normalized spacial score (nSPS) is 11.8. The third kappa shape index (κ3) is 2.66. The Hall–Kier alpha value is -2.36. The second-order valence-corrected chi connectivity index (χ2v) is 4.05. The maximum atomic E-state index is 10.9. The lowest BCUT2D eigenvalue weighted by molar-refractivity contribution is -0.384. The van der Waals surface area contributed by atoms with Crippen LogP contribution < -0.4 is 5.32 Å². The summed E-state index contributed by atoms with van der Waals surface area (Å²) >= 11 is 0. The first-order valence-electron chi connectivity index (χ1n) is 5.73. The first kappa shape index (κ1) is 12.1. The van der Waals surface area contributed by atoms with E-state index in [1.165, 1.54) is 6.07 Å². The smallest absolute Gasteiger partial charge is 0.292 e. The van der Waals surface area contributed by atoms with Crippen molar-refractivity contribution in [3.63, 3.8) is 0 Å². The maximum absolute atomic E-state index is 10.9. The molecule has 1 atom stereocenters. The van der Waals surface area contributed by atoms with Crippen LogP contribution in [-0.2, 0) is 0 Å². The summed E-state index contributed by atoms with van der Waals surface area (Å²) in [5.74, 6) is 0. The average molecular weight is 242 g/mol. The van der Waals surface area contributed by atoms with E-state index in [2.05, 4.69) is 5.32 Å². The lowest BCUT2D eigenvalue weighted by atomic mass is 10.1. The van der Waals surface area contributed by atoms with Crippen molar-refractivity contribution < 1.29 is 4.92 Å². The average Bonchev–Trinajstić information content (AvgIpc) is 2.40. The monoisotopic (exact) mass is 242 g/mol. The van der Waals surface area contributed by atoms with Gasteiger partial charge in [-0.1, -0.05) is 42.5 Å². The molecular weight excluding hydrogens is 228 g/mol. The van der Waals surface area contributed by atoms with Crippen LogP contribution in [-0.4, -0.2) is 4.92 Å². The van der Waals surface area contributed by atoms with Gasteiger partial charge in [0.15, 0.2) is 0 Å². The molecule has 2 rings (SSSR count). The molecule has 0 saturated carbocycles. The zero-order valence-electron chi connectivity index (χ0n) is 10.0. The number of nitrogens with zero attached hydrogens (tertiary/aromatic N) is 1. The minimum atomic E-state index is -0.375. The maximum Gasteiger partial charge on any atom is 0.292 e. The molecule has 0 aromatic heterocycles. The van der Waals surface area contributed by atoms with Gasteiger partial charge in [0, 0.05) is 12.1 Å². The van der Waals surface area contributed by atoms with Crippen molar-refractivity contribution in [3.05, 3.63) is 70.3 Å². The molecule has 0 fully saturated rings. The van der Waals surface area contributed by atoms with Crippen molar-refractivity contribution >= 4 is 11.4 Å². The molecule has 0 radical (unpaired) electrons. The number of rotatable bonds is 4. The van der Waals surface area contributed by atoms with E-state index in [0.29, 0.717) is 5.69 Å². The zero-order chi connectivity index (χ0) is 13.0. The van der Waals surface area contributed by atoms with Crippen molar-refractivity contribution in [2.24, 2.45) is 0 Å². The van der Waals surface area contributed by atoms with E-state index in [9.17, 15) is 10.1 Å². The quantitative estimate of drug-likeness (QED) is 0.656. The predicted molar refractivity (Wildman–Crippen MR) is 71.6 cm³/mol. The van der Waals surface area contributed by atoms with Gasteiger partial charge in [-0.05, 0) is 18.6 Å². The Balaban J connectivity index is 2.22. The SMILES string of the molecule is C[C@@H](Nc1ccccc1[N+](=O)[O-])c1ccccc1. The molecule has 4 heteroatoms. The molecule has 0 aliphatic rings.